The number of thiazole rings is 1. The van der Waals surface area contributed by atoms with E-state index in [0.29, 0.717) is 6.54 Å². The summed E-state index contributed by atoms with van der Waals surface area (Å²) < 4.78 is 3.17. The highest BCUT2D eigenvalue weighted by atomic mass is 32.1. The Bertz CT molecular complexity index is 1050. The molecule has 0 aliphatic heterocycles. The predicted octanol–water partition coefficient (Wildman–Crippen LogP) is 4.91. The zero-order valence-electron chi connectivity index (χ0n) is 15.3. The highest BCUT2D eigenvalue weighted by Gasteiger charge is 2.22. The van der Waals surface area contributed by atoms with Gasteiger partial charge < -0.3 is 4.57 Å². The van der Waals surface area contributed by atoms with Crippen LogP contribution in [0.3, 0.4) is 0 Å². The molecule has 0 radical (unpaired) electrons. The SMILES string of the molecule is Cc1cc(C)c2sc(N(CCCn3ccnc3)C(=O)c3cccs3)nc2c1. The van der Waals surface area contributed by atoms with Crippen LogP contribution in [0.25, 0.3) is 10.2 Å². The van der Waals surface area contributed by atoms with Crippen LogP contribution < -0.4 is 4.90 Å². The predicted molar refractivity (Wildman–Crippen MR) is 112 cm³/mol. The van der Waals surface area contributed by atoms with Crippen molar-refractivity contribution in [2.45, 2.75) is 26.8 Å². The summed E-state index contributed by atoms with van der Waals surface area (Å²) in [6.45, 7) is 5.61. The number of aryl methyl sites for hydroxylation is 3. The van der Waals surface area contributed by atoms with Crippen LogP contribution in [0.15, 0.2) is 48.4 Å². The highest BCUT2D eigenvalue weighted by molar-refractivity contribution is 7.22. The van der Waals surface area contributed by atoms with Gasteiger partial charge in [-0.15, -0.1) is 11.3 Å². The van der Waals surface area contributed by atoms with E-state index in [9.17, 15) is 4.79 Å². The van der Waals surface area contributed by atoms with Crippen LogP contribution in [-0.4, -0.2) is 27.0 Å². The Hall–Kier alpha value is -2.51. The average molecular weight is 397 g/mol. The molecule has 3 aromatic heterocycles. The number of fused-ring (bicyclic) bond motifs is 1. The normalized spacial score (nSPS) is 11.2. The molecular formula is C20H20N4OS2. The highest BCUT2D eigenvalue weighted by Crippen LogP contribution is 2.33. The fraction of sp³-hybridized carbons (Fsp3) is 0.250. The molecule has 0 saturated carbocycles. The number of thiophene rings is 1. The number of imidazole rings is 1. The molecule has 0 atom stereocenters. The molecule has 1 amide bonds. The molecule has 0 bridgehead atoms. The summed E-state index contributed by atoms with van der Waals surface area (Å²) in [4.78, 5) is 24.5. The third-order valence-electron chi connectivity index (χ3n) is 4.37. The van der Waals surface area contributed by atoms with Crippen molar-refractivity contribution in [3.8, 4) is 0 Å². The second kappa shape index (κ2) is 7.62. The van der Waals surface area contributed by atoms with Crippen molar-refractivity contribution in [1.29, 1.82) is 0 Å². The van der Waals surface area contributed by atoms with Crippen LogP contribution in [0.2, 0.25) is 0 Å². The van der Waals surface area contributed by atoms with Crippen LogP contribution in [-0.2, 0) is 6.54 Å². The number of amides is 1. The average Bonchev–Trinajstić information content (AvgIpc) is 3.38. The van der Waals surface area contributed by atoms with Gasteiger partial charge in [0.25, 0.3) is 5.91 Å². The van der Waals surface area contributed by atoms with E-state index in [1.807, 2.05) is 33.2 Å². The van der Waals surface area contributed by atoms with Gasteiger partial charge in [-0.3, -0.25) is 9.69 Å². The fourth-order valence-electron chi connectivity index (χ4n) is 3.13. The van der Waals surface area contributed by atoms with Crippen LogP contribution in [0.4, 0.5) is 5.13 Å². The second-order valence-electron chi connectivity index (χ2n) is 6.51. The molecule has 1 aromatic carbocycles. The minimum absolute atomic E-state index is 0.0177. The van der Waals surface area contributed by atoms with Gasteiger partial charge in [0.2, 0.25) is 0 Å². The van der Waals surface area contributed by atoms with Gasteiger partial charge in [0.15, 0.2) is 5.13 Å². The number of hydrogen-bond acceptors (Lipinski definition) is 5. The maximum absolute atomic E-state index is 13.1. The lowest BCUT2D eigenvalue weighted by atomic mass is 10.1. The number of rotatable bonds is 6. The van der Waals surface area contributed by atoms with Crippen LogP contribution in [0.5, 0.6) is 0 Å². The van der Waals surface area contributed by atoms with Crippen molar-refractivity contribution in [3.63, 3.8) is 0 Å². The Balaban J connectivity index is 1.64. The molecule has 138 valence electrons. The molecule has 3 heterocycles. The van der Waals surface area contributed by atoms with E-state index in [-0.39, 0.29) is 5.91 Å². The van der Waals surface area contributed by atoms with Crippen molar-refractivity contribution in [1.82, 2.24) is 14.5 Å². The zero-order valence-corrected chi connectivity index (χ0v) is 16.9. The third kappa shape index (κ3) is 3.79. The molecule has 4 rings (SSSR count). The number of aromatic nitrogens is 3. The summed E-state index contributed by atoms with van der Waals surface area (Å²) in [5, 5.41) is 2.70. The molecule has 5 nitrogen and oxygen atoms in total. The Morgan fingerprint density at radius 2 is 2.19 bits per heavy atom. The Morgan fingerprint density at radius 3 is 2.93 bits per heavy atom. The largest absolute Gasteiger partial charge is 0.337 e. The van der Waals surface area contributed by atoms with E-state index in [4.69, 9.17) is 4.98 Å². The van der Waals surface area contributed by atoms with Crippen molar-refractivity contribution in [2.75, 3.05) is 11.4 Å². The molecule has 0 N–H and O–H groups in total. The van der Waals surface area contributed by atoms with Crippen molar-refractivity contribution >= 4 is 43.9 Å². The number of hydrogen-bond donors (Lipinski definition) is 0. The van der Waals surface area contributed by atoms with Gasteiger partial charge in [0.05, 0.1) is 21.4 Å². The molecule has 0 aliphatic rings. The van der Waals surface area contributed by atoms with Gasteiger partial charge in [-0.2, -0.15) is 0 Å². The van der Waals surface area contributed by atoms with E-state index in [2.05, 4.69) is 31.0 Å². The standard InChI is InChI=1S/C20H20N4OS2/c1-14-11-15(2)18-16(12-14)22-20(27-18)24(19(25)17-5-3-10-26-17)8-4-7-23-9-6-21-13-23/h3,5-6,9-13H,4,7-8H2,1-2H3. The summed E-state index contributed by atoms with van der Waals surface area (Å²) in [7, 11) is 0. The van der Waals surface area contributed by atoms with Gasteiger partial charge in [0, 0.05) is 25.5 Å². The van der Waals surface area contributed by atoms with Gasteiger partial charge in [0.1, 0.15) is 0 Å². The van der Waals surface area contributed by atoms with Crippen LogP contribution in [0.1, 0.15) is 27.2 Å². The minimum Gasteiger partial charge on any atom is -0.337 e. The number of benzene rings is 1. The molecule has 0 aliphatic carbocycles. The first-order valence-corrected chi connectivity index (χ1v) is 10.5. The molecule has 0 spiro atoms. The Kier molecular flexibility index (Phi) is 5.05. The third-order valence-corrected chi connectivity index (χ3v) is 6.46. The number of carbonyl (C=O) groups excluding carboxylic acids is 1. The first-order valence-electron chi connectivity index (χ1n) is 8.81. The van der Waals surface area contributed by atoms with Crippen molar-refractivity contribution in [2.24, 2.45) is 0 Å². The minimum atomic E-state index is 0.0177. The molecule has 0 saturated heterocycles. The summed E-state index contributed by atoms with van der Waals surface area (Å²) in [5.74, 6) is 0.0177. The van der Waals surface area contributed by atoms with E-state index in [1.165, 1.54) is 22.5 Å². The molecule has 0 unspecified atom stereocenters. The molecule has 0 fully saturated rings. The fourth-order valence-corrected chi connectivity index (χ4v) is 4.84. The smallest absolute Gasteiger partial charge is 0.270 e. The monoisotopic (exact) mass is 396 g/mol. The zero-order chi connectivity index (χ0) is 18.8. The molecular weight excluding hydrogens is 376 g/mol. The summed E-state index contributed by atoms with van der Waals surface area (Å²) in [5.41, 5.74) is 3.36. The summed E-state index contributed by atoms with van der Waals surface area (Å²) in [6.07, 6.45) is 6.35. The van der Waals surface area contributed by atoms with Gasteiger partial charge in [-0.1, -0.05) is 23.5 Å². The van der Waals surface area contributed by atoms with E-state index >= 15 is 0 Å². The lowest BCUT2D eigenvalue weighted by Crippen LogP contribution is -2.31. The van der Waals surface area contributed by atoms with E-state index in [0.717, 1.165) is 33.2 Å². The Morgan fingerprint density at radius 1 is 1.30 bits per heavy atom. The topological polar surface area (TPSA) is 51.0 Å². The van der Waals surface area contributed by atoms with Gasteiger partial charge in [-0.05, 0) is 48.9 Å². The maximum atomic E-state index is 13.1. The van der Waals surface area contributed by atoms with Gasteiger partial charge in [-0.25, -0.2) is 9.97 Å². The van der Waals surface area contributed by atoms with E-state index in [1.54, 1.807) is 23.9 Å². The van der Waals surface area contributed by atoms with E-state index < -0.39 is 0 Å². The summed E-state index contributed by atoms with van der Waals surface area (Å²) in [6, 6.07) is 8.03. The lowest BCUT2D eigenvalue weighted by molar-refractivity contribution is 0.0990. The van der Waals surface area contributed by atoms with Crippen molar-refractivity contribution in [3.05, 3.63) is 64.4 Å². The molecule has 7 heteroatoms. The van der Waals surface area contributed by atoms with Crippen LogP contribution >= 0.6 is 22.7 Å². The lowest BCUT2D eigenvalue weighted by Gasteiger charge is -2.19. The summed E-state index contributed by atoms with van der Waals surface area (Å²) >= 11 is 3.06. The quantitative estimate of drug-likeness (QED) is 0.465. The first kappa shape index (κ1) is 17.9. The number of nitrogens with zero attached hydrogens (tertiary/aromatic N) is 4. The molecule has 27 heavy (non-hydrogen) atoms. The van der Waals surface area contributed by atoms with Gasteiger partial charge >= 0.3 is 0 Å². The Labute approximate surface area is 165 Å². The first-order chi connectivity index (χ1) is 13.1. The number of anilines is 1. The maximum Gasteiger partial charge on any atom is 0.270 e. The van der Waals surface area contributed by atoms with Crippen LogP contribution in [0, 0.1) is 13.8 Å². The molecule has 4 aromatic rings. The number of carbonyl (C=O) groups is 1. The second-order valence-corrected chi connectivity index (χ2v) is 8.44. The van der Waals surface area contributed by atoms with Crippen molar-refractivity contribution < 1.29 is 4.79 Å².